The predicted molar refractivity (Wildman–Crippen MR) is 79.0 cm³/mol. The lowest BCUT2D eigenvalue weighted by Crippen LogP contribution is -2.15. The molecule has 2 aromatic carbocycles. The Morgan fingerprint density at radius 1 is 1.05 bits per heavy atom. The Labute approximate surface area is 122 Å². The molecule has 0 radical (unpaired) electrons. The van der Waals surface area contributed by atoms with Crippen molar-refractivity contribution >= 4 is 23.2 Å². The average molecular weight is 293 g/mol. The van der Waals surface area contributed by atoms with Gasteiger partial charge in [0, 0.05) is 15.5 Å². The molecule has 98 valence electrons. The van der Waals surface area contributed by atoms with Gasteiger partial charge in [-0.05, 0) is 47.7 Å². The molecule has 1 saturated carbocycles. The van der Waals surface area contributed by atoms with E-state index >= 15 is 0 Å². The van der Waals surface area contributed by atoms with Gasteiger partial charge in [-0.1, -0.05) is 47.5 Å². The van der Waals surface area contributed by atoms with Gasteiger partial charge in [0.15, 0.2) is 0 Å². The van der Waals surface area contributed by atoms with Crippen molar-refractivity contribution in [3.8, 4) is 0 Å². The molecular formula is C16H14Cl2O. The summed E-state index contributed by atoms with van der Waals surface area (Å²) in [6, 6.07) is 15.6. The first kappa shape index (κ1) is 13.0. The fourth-order valence-corrected chi connectivity index (χ4v) is 3.24. The summed E-state index contributed by atoms with van der Waals surface area (Å²) in [7, 11) is 0. The number of aliphatic hydroxyl groups is 1. The number of rotatable bonds is 3. The Hall–Kier alpha value is -1.02. The molecule has 1 fully saturated rings. The molecule has 1 nitrogen and oxygen atoms in total. The van der Waals surface area contributed by atoms with Gasteiger partial charge in [0.05, 0.1) is 6.61 Å². The molecule has 1 aliphatic carbocycles. The quantitative estimate of drug-likeness (QED) is 0.888. The first-order valence-electron chi connectivity index (χ1n) is 6.28. The zero-order valence-electron chi connectivity index (χ0n) is 10.3. The van der Waals surface area contributed by atoms with E-state index < -0.39 is 0 Å². The van der Waals surface area contributed by atoms with E-state index in [1.54, 1.807) is 0 Å². The van der Waals surface area contributed by atoms with Crippen molar-refractivity contribution in [1.29, 1.82) is 0 Å². The highest BCUT2D eigenvalue weighted by atomic mass is 35.5. The van der Waals surface area contributed by atoms with Crippen molar-refractivity contribution in [3.63, 3.8) is 0 Å². The molecule has 1 N–H and O–H groups in total. The third-order valence-electron chi connectivity index (χ3n) is 4.01. The van der Waals surface area contributed by atoms with Crippen molar-refractivity contribution in [2.45, 2.75) is 17.8 Å². The summed E-state index contributed by atoms with van der Waals surface area (Å²) in [6.45, 7) is 0.129. The van der Waals surface area contributed by atoms with Crippen LogP contribution in [0.25, 0.3) is 0 Å². The summed E-state index contributed by atoms with van der Waals surface area (Å²) in [6.07, 6.45) is 0.935. The third-order valence-corrected chi connectivity index (χ3v) is 4.48. The van der Waals surface area contributed by atoms with Gasteiger partial charge in [-0.25, -0.2) is 0 Å². The fraction of sp³-hybridized carbons (Fsp3) is 0.250. The molecule has 0 aromatic heterocycles. The Balaban J connectivity index is 1.96. The molecule has 0 bridgehead atoms. The van der Waals surface area contributed by atoms with E-state index in [9.17, 15) is 5.11 Å². The van der Waals surface area contributed by atoms with Gasteiger partial charge in [0.2, 0.25) is 0 Å². The van der Waals surface area contributed by atoms with Crippen molar-refractivity contribution < 1.29 is 5.11 Å². The maximum atomic E-state index is 9.83. The van der Waals surface area contributed by atoms with E-state index in [2.05, 4.69) is 6.07 Å². The molecule has 19 heavy (non-hydrogen) atoms. The second-order valence-corrected chi connectivity index (χ2v) is 6.01. The van der Waals surface area contributed by atoms with Crippen LogP contribution in [0.1, 0.15) is 23.5 Å². The van der Waals surface area contributed by atoms with E-state index in [1.165, 1.54) is 5.56 Å². The first-order chi connectivity index (χ1) is 9.15. The molecule has 0 spiro atoms. The first-order valence-corrected chi connectivity index (χ1v) is 7.04. The lowest BCUT2D eigenvalue weighted by molar-refractivity contribution is 0.251. The number of hydrogen-bond donors (Lipinski definition) is 1. The van der Waals surface area contributed by atoms with Crippen molar-refractivity contribution in [1.82, 2.24) is 0 Å². The van der Waals surface area contributed by atoms with Crippen LogP contribution in [0.3, 0.4) is 0 Å². The van der Waals surface area contributed by atoms with Gasteiger partial charge in [-0.15, -0.1) is 0 Å². The minimum absolute atomic E-state index is 0.129. The smallest absolute Gasteiger partial charge is 0.0534 e. The lowest BCUT2D eigenvalue weighted by Gasteiger charge is -2.15. The molecular weight excluding hydrogens is 279 g/mol. The van der Waals surface area contributed by atoms with E-state index in [0.29, 0.717) is 10.9 Å². The van der Waals surface area contributed by atoms with Crippen LogP contribution in [0.2, 0.25) is 10.0 Å². The summed E-state index contributed by atoms with van der Waals surface area (Å²) >= 11 is 12.1. The minimum atomic E-state index is -0.199. The summed E-state index contributed by atoms with van der Waals surface area (Å²) in [4.78, 5) is 0. The monoisotopic (exact) mass is 292 g/mol. The number of benzene rings is 2. The van der Waals surface area contributed by atoms with Crippen LogP contribution in [0.5, 0.6) is 0 Å². The Bertz CT molecular complexity index is 611. The van der Waals surface area contributed by atoms with Crippen LogP contribution in [0.4, 0.5) is 0 Å². The van der Waals surface area contributed by atoms with Crippen LogP contribution in [0.15, 0.2) is 48.5 Å². The van der Waals surface area contributed by atoms with Gasteiger partial charge in [0.1, 0.15) is 0 Å². The second-order valence-electron chi connectivity index (χ2n) is 5.14. The highest BCUT2D eigenvalue weighted by Gasteiger charge is 2.55. The standard InChI is InChI=1S/C16H14Cl2O/c17-13-5-1-3-11(7-13)15-9-16(15,10-19)12-4-2-6-14(18)8-12/h1-8,15,19H,9-10H2. The van der Waals surface area contributed by atoms with Gasteiger partial charge >= 0.3 is 0 Å². The number of halogens is 2. The molecule has 3 heteroatoms. The summed E-state index contributed by atoms with van der Waals surface area (Å²) in [5.74, 6) is 0.315. The average Bonchev–Trinajstić information content (AvgIpc) is 3.15. The van der Waals surface area contributed by atoms with Gasteiger partial charge in [-0.3, -0.25) is 0 Å². The molecule has 3 rings (SSSR count). The van der Waals surface area contributed by atoms with Crippen LogP contribution in [0, 0.1) is 0 Å². The Morgan fingerprint density at radius 3 is 2.37 bits per heavy atom. The molecule has 0 aliphatic heterocycles. The SMILES string of the molecule is OCC1(c2cccc(Cl)c2)CC1c1cccc(Cl)c1. The Kier molecular flexibility index (Phi) is 3.30. The van der Waals surface area contributed by atoms with Gasteiger partial charge < -0.3 is 5.11 Å². The third kappa shape index (κ3) is 2.27. The van der Waals surface area contributed by atoms with Crippen molar-refractivity contribution in [2.24, 2.45) is 0 Å². The van der Waals surface area contributed by atoms with E-state index in [4.69, 9.17) is 23.2 Å². The van der Waals surface area contributed by atoms with Crippen LogP contribution >= 0.6 is 23.2 Å². The summed E-state index contributed by atoms with van der Waals surface area (Å²) in [5, 5.41) is 11.3. The minimum Gasteiger partial charge on any atom is -0.395 e. The molecule has 0 saturated heterocycles. The molecule has 0 heterocycles. The van der Waals surface area contributed by atoms with Crippen LogP contribution in [-0.2, 0) is 5.41 Å². The second kappa shape index (κ2) is 4.82. The summed E-state index contributed by atoms with van der Waals surface area (Å²) < 4.78 is 0. The molecule has 2 aromatic rings. The normalized spacial score (nSPS) is 25.3. The highest BCUT2D eigenvalue weighted by molar-refractivity contribution is 6.31. The number of aliphatic hydroxyl groups excluding tert-OH is 1. The lowest BCUT2D eigenvalue weighted by atomic mass is 9.91. The highest BCUT2D eigenvalue weighted by Crippen LogP contribution is 2.60. The summed E-state index contributed by atoms with van der Waals surface area (Å²) in [5.41, 5.74) is 2.09. The van der Waals surface area contributed by atoms with Gasteiger partial charge in [0.25, 0.3) is 0 Å². The largest absolute Gasteiger partial charge is 0.395 e. The molecule has 2 unspecified atom stereocenters. The van der Waals surface area contributed by atoms with Gasteiger partial charge in [-0.2, -0.15) is 0 Å². The predicted octanol–water partition coefficient (Wildman–Crippen LogP) is 4.41. The van der Waals surface area contributed by atoms with Crippen molar-refractivity contribution in [2.75, 3.05) is 6.61 Å². The van der Waals surface area contributed by atoms with Crippen LogP contribution in [-0.4, -0.2) is 11.7 Å². The Morgan fingerprint density at radius 2 is 1.74 bits per heavy atom. The zero-order valence-corrected chi connectivity index (χ0v) is 11.8. The topological polar surface area (TPSA) is 20.2 Å². The van der Waals surface area contributed by atoms with E-state index in [0.717, 1.165) is 17.0 Å². The molecule has 2 atom stereocenters. The van der Waals surface area contributed by atoms with Crippen LogP contribution < -0.4 is 0 Å². The van der Waals surface area contributed by atoms with Crippen molar-refractivity contribution in [3.05, 3.63) is 69.7 Å². The number of hydrogen-bond acceptors (Lipinski definition) is 1. The maximum Gasteiger partial charge on any atom is 0.0534 e. The molecule has 0 amide bonds. The fourth-order valence-electron chi connectivity index (χ4n) is 2.85. The maximum absolute atomic E-state index is 9.83. The van der Waals surface area contributed by atoms with E-state index in [-0.39, 0.29) is 12.0 Å². The van der Waals surface area contributed by atoms with E-state index in [1.807, 2.05) is 42.5 Å². The zero-order chi connectivity index (χ0) is 13.5. The molecule has 1 aliphatic rings.